The summed E-state index contributed by atoms with van der Waals surface area (Å²) in [6.07, 6.45) is 6.44. The highest BCUT2D eigenvalue weighted by molar-refractivity contribution is 14.0. The largest absolute Gasteiger partial charge is 0.377 e. The minimum absolute atomic E-state index is 0. The lowest BCUT2D eigenvalue weighted by Crippen LogP contribution is -2.56. The molecule has 3 fully saturated rings. The number of piperidine rings is 2. The van der Waals surface area contributed by atoms with Crippen LogP contribution < -0.4 is 5.32 Å². The predicted octanol–water partition coefficient (Wildman–Crippen LogP) is 3.36. The first-order valence-electron chi connectivity index (χ1n) is 11.8. The summed E-state index contributed by atoms with van der Waals surface area (Å²) in [4.78, 5) is 9.72. The Labute approximate surface area is 204 Å². The average Bonchev–Trinajstić information content (AvgIpc) is 3.30. The van der Waals surface area contributed by atoms with E-state index in [2.05, 4.69) is 50.4 Å². The van der Waals surface area contributed by atoms with Gasteiger partial charge in [0, 0.05) is 45.9 Å². The minimum Gasteiger partial charge on any atom is -0.377 e. The fraction of sp³-hybridized carbons (Fsp3) is 0.708. The second-order valence-electron chi connectivity index (χ2n) is 8.84. The molecule has 0 spiro atoms. The van der Waals surface area contributed by atoms with Crippen LogP contribution in [0.4, 0.5) is 0 Å². The average molecular weight is 543 g/mol. The second-order valence-corrected chi connectivity index (χ2v) is 8.84. The number of fused-ring (bicyclic) bond motifs is 1. The molecule has 1 aromatic rings. The highest BCUT2D eigenvalue weighted by Gasteiger charge is 2.36. The normalized spacial score (nSPS) is 26.9. The van der Waals surface area contributed by atoms with Crippen LogP contribution in [0.5, 0.6) is 0 Å². The molecular formula is C24H39IN4O2. The van der Waals surface area contributed by atoms with E-state index in [1.54, 1.807) is 0 Å². The highest BCUT2D eigenvalue weighted by atomic mass is 127. The van der Waals surface area contributed by atoms with Gasteiger partial charge in [-0.25, -0.2) is 0 Å². The van der Waals surface area contributed by atoms with E-state index in [9.17, 15) is 0 Å². The molecule has 0 radical (unpaired) electrons. The highest BCUT2D eigenvalue weighted by Crippen LogP contribution is 2.31. The summed E-state index contributed by atoms with van der Waals surface area (Å²) in [7, 11) is 1.89. The molecule has 3 aliphatic heterocycles. The molecule has 0 aliphatic carbocycles. The number of rotatable bonds is 7. The van der Waals surface area contributed by atoms with Crippen LogP contribution in [0, 0.1) is 5.92 Å². The summed E-state index contributed by atoms with van der Waals surface area (Å²) in [5.41, 5.74) is 1.43. The molecule has 4 rings (SSSR count). The number of benzene rings is 1. The number of nitrogens with one attached hydrogen (secondary N) is 1. The fourth-order valence-corrected chi connectivity index (χ4v) is 5.27. The van der Waals surface area contributed by atoms with Crippen molar-refractivity contribution in [1.82, 2.24) is 15.1 Å². The molecule has 0 amide bonds. The summed E-state index contributed by atoms with van der Waals surface area (Å²) in [6.45, 7) is 7.58. The Kier molecular flexibility index (Phi) is 10.3. The Morgan fingerprint density at radius 2 is 2.03 bits per heavy atom. The van der Waals surface area contributed by atoms with Gasteiger partial charge in [0.1, 0.15) is 0 Å². The monoisotopic (exact) mass is 542 g/mol. The van der Waals surface area contributed by atoms with Crippen LogP contribution in [0.3, 0.4) is 0 Å². The summed E-state index contributed by atoms with van der Waals surface area (Å²) < 4.78 is 11.4. The zero-order valence-corrected chi connectivity index (χ0v) is 21.2. The van der Waals surface area contributed by atoms with Crippen LogP contribution in [0.2, 0.25) is 0 Å². The van der Waals surface area contributed by atoms with E-state index in [0.29, 0.717) is 25.4 Å². The van der Waals surface area contributed by atoms with Crippen molar-refractivity contribution in [3.05, 3.63) is 35.9 Å². The first-order valence-corrected chi connectivity index (χ1v) is 11.8. The van der Waals surface area contributed by atoms with Gasteiger partial charge < -0.3 is 19.7 Å². The quantitative estimate of drug-likeness (QED) is 0.248. The van der Waals surface area contributed by atoms with E-state index in [1.807, 2.05) is 7.05 Å². The molecule has 3 atom stereocenters. The summed E-state index contributed by atoms with van der Waals surface area (Å²) in [6, 6.07) is 11.6. The zero-order valence-electron chi connectivity index (χ0n) is 18.9. The van der Waals surface area contributed by atoms with Crippen LogP contribution in [0.1, 0.15) is 37.7 Å². The predicted molar refractivity (Wildman–Crippen MR) is 136 cm³/mol. The third kappa shape index (κ3) is 7.04. The van der Waals surface area contributed by atoms with Gasteiger partial charge in [0.15, 0.2) is 5.96 Å². The van der Waals surface area contributed by atoms with Gasteiger partial charge in [-0.1, -0.05) is 30.3 Å². The van der Waals surface area contributed by atoms with Crippen LogP contribution in [-0.2, 0) is 16.0 Å². The van der Waals surface area contributed by atoms with Crippen molar-refractivity contribution in [3.63, 3.8) is 0 Å². The van der Waals surface area contributed by atoms with Crippen molar-refractivity contribution in [3.8, 4) is 0 Å². The molecule has 6 nitrogen and oxygen atoms in total. The van der Waals surface area contributed by atoms with Gasteiger partial charge in [-0.05, 0) is 50.1 Å². The number of hydrogen-bond acceptors (Lipinski definition) is 4. The van der Waals surface area contributed by atoms with Crippen molar-refractivity contribution < 1.29 is 9.47 Å². The molecule has 0 bridgehead atoms. The number of nitrogens with zero attached hydrogens (tertiary/aromatic N) is 3. The van der Waals surface area contributed by atoms with Crippen LogP contribution in [-0.4, -0.2) is 81.0 Å². The van der Waals surface area contributed by atoms with E-state index in [-0.39, 0.29) is 24.0 Å². The van der Waals surface area contributed by atoms with E-state index >= 15 is 0 Å². The molecule has 1 N–H and O–H groups in total. The van der Waals surface area contributed by atoms with Crippen molar-refractivity contribution in [2.24, 2.45) is 10.9 Å². The molecule has 3 heterocycles. The van der Waals surface area contributed by atoms with E-state index in [1.165, 1.54) is 37.8 Å². The van der Waals surface area contributed by atoms with Crippen LogP contribution >= 0.6 is 24.0 Å². The van der Waals surface area contributed by atoms with Gasteiger partial charge in [0.05, 0.1) is 19.3 Å². The number of guanidine groups is 1. The molecule has 3 aliphatic rings. The lowest BCUT2D eigenvalue weighted by Gasteiger charge is -2.48. The molecule has 3 unspecified atom stereocenters. The van der Waals surface area contributed by atoms with Crippen molar-refractivity contribution in [2.75, 3.05) is 53.0 Å². The maximum absolute atomic E-state index is 5.79. The third-order valence-corrected chi connectivity index (χ3v) is 6.78. The van der Waals surface area contributed by atoms with E-state index in [4.69, 9.17) is 9.47 Å². The number of hydrogen-bond donors (Lipinski definition) is 1. The fourth-order valence-electron chi connectivity index (χ4n) is 5.27. The number of halogens is 1. The molecular weight excluding hydrogens is 503 g/mol. The third-order valence-electron chi connectivity index (χ3n) is 6.78. The Bertz CT molecular complexity index is 669. The second kappa shape index (κ2) is 13.0. The van der Waals surface area contributed by atoms with Gasteiger partial charge >= 0.3 is 0 Å². The lowest BCUT2D eigenvalue weighted by atomic mass is 9.83. The minimum atomic E-state index is 0. The Morgan fingerprint density at radius 3 is 2.81 bits per heavy atom. The topological polar surface area (TPSA) is 49.3 Å². The van der Waals surface area contributed by atoms with Crippen LogP contribution in [0.15, 0.2) is 35.3 Å². The summed E-state index contributed by atoms with van der Waals surface area (Å²) in [5, 5.41) is 3.51. The zero-order chi connectivity index (χ0) is 20.6. The summed E-state index contributed by atoms with van der Waals surface area (Å²) >= 11 is 0. The Balaban J connectivity index is 0.00000272. The van der Waals surface area contributed by atoms with E-state index in [0.717, 1.165) is 51.1 Å². The molecule has 3 saturated heterocycles. The molecule has 1 aromatic carbocycles. The Hall–Kier alpha value is -0.900. The molecule has 174 valence electrons. The molecule has 7 heteroatoms. The van der Waals surface area contributed by atoms with Crippen LogP contribution in [0.25, 0.3) is 0 Å². The van der Waals surface area contributed by atoms with Crippen molar-refractivity contribution in [1.29, 1.82) is 0 Å². The van der Waals surface area contributed by atoms with Gasteiger partial charge in [-0.15, -0.1) is 24.0 Å². The first kappa shape index (κ1) is 24.7. The van der Waals surface area contributed by atoms with Gasteiger partial charge in [-0.2, -0.15) is 0 Å². The first-order chi connectivity index (χ1) is 14.8. The SMILES string of the molecule is CN=C(NCCOCC1CCCO1)N1CCC2C(CCCN2Cc2ccccc2)C1.I. The van der Waals surface area contributed by atoms with E-state index < -0.39 is 0 Å². The molecule has 0 saturated carbocycles. The maximum Gasteiger partial charge on any atom is 0.193 e. The van der Waals surface area contributed by atoms with Gasteiger partial charge in [0.2, 0.25) is 0 Å². The van der Waals surface area contributed by atoms with Gasteiger partial charge in [0.25, 0.3) is 0 Å². The smallest absolute Gasteiger partial charge is 0.193 e. The maximum atomic E-state index is 5.79. The Morgan fingerprint density at radius 1 is 1.16 bits per heavy atom. The number of ether oxygens (including phenoxy) is 2. The number of aliphatic imine (C=N–C) groups is 1. The standard InChI is InChI=1S/C24H38N4O2.HI/c1-25-24(26-12-16-29-19-22-10-6-15-30-22)28-14-11-23-21(18-28)9-5-13-27(23)17-20-7-3-2-4-8-20;/h2-4,7-8,21-23H,5-6,9-19H2,1H3,(H,25,26);1H. The lowest BCUT2D eigenvalue weighted by molar-refractivity contribution is 0.0185. The van der Waals surface area contributed by atoms with Crippen molar-refractivity contribution >= 4 is 29.9 Å². The number of likely N-dealkylation sites (tertiary alicyclic amines) is 2. The molecule has 0 aromatic heterocycles. The molecule has 31 heavy (non-hydrogen) atoms. The summed E-state index contributed by atoms with van der Waals surface area (Å²) in [5.74, 6) is 1.75. The van der Waals surface area contributed by atoms with Crippen molar-refractivity contribution in [2.45, 2.75) is 50.8 Å². The van der Waals surface area contributed by atoms with Gasteiger partial charge in [-0.3, -0.25) is 9.89 Å².